The van der Waals surface area contributed by atoms with Crippen LogP contribution in [0, 0.1) is 0 Å². The Kier molecular flexibility index (Phi) is 3.66. The van der Waals surface area contributed by atoms with Gasteiger partial charge in [-0.2, -0.15) is 0 Å². The van der Waals surface area contributed by atoms with Gasteiger partial charge < -0.3 is 5.32 Å². The van der Waals surface area contributed by atoms with Crippen LogP contribution in [0.4, 0.5) is 0 Å². The van der Waals surface area contributed by atoms with Crippen LogP contribution in [0.15, 0.2) is 18.2 Å². The van der Waals surface area contributed by atoms with Crippen molar-refractivity contribution in [2.75, 3.05) is 6.54 Å². The first-order chi connectivity index (χ1) is 7.31. The summed E-state index contributed by atoms with van der Waals surface area (Å²) in [7, 11) is 0. The molecule has 0 atom stereocenters. The van der Waals surface area contributed by atoms with E-state index in [-0.39, 0.29) is 0 Å². The monoisotopic (exact) mass is 223 g/mol. The Balaban J connectivity index is 1.98. The van der Waals surface area contributed by atoms with E-state index >= 15 is 0 Å². The number of hydrogen-bond donors (Lipinski definition) is 1. The summed E-state index contributed by atoms with van der Waals surface area (Å²) in [5.41, 5.74) is 2.63. The van der Waals surface area contributed by atoms with Gasteiger partial charge in [-0.05, 0) is 48.9 Å². The first-order valence-corrected chi connectivity index (χ1v) is 6.18. The van der Waals surface area contributed by atoms with E-state index in [4.69, 9.17) is 11.6 Å². The third-order valence-electron chi connectivity index (χ3n) is 2.87. The molecular weight excluding hydrogens is 206 g/mol. The average Bonchev–Trinajstić information content (AvgIpc) is 3.04. The van der Waals surface area contributed by atoms with Gasteiger partial charge >= 0.3 is 0 Å². The van der Waals surface area contributed by atoms with E-state index < -0.39 is 0 Å². The van der Waals surface area contributed by atoms with Gasteiger partial charge in [-0.3, -0.25) is 0 Å². The molecule has 1 aromatic rings. The molecule has 0 aliphatic heterocycles. The van der Waals surface area contributed by atoms with Crippen molar-refractivity contribution in [3.05, 3.63) is 34.3 Å². The van der Waals surface area contributed by atoms with Gasteiger partial charge in [0, 0.05) is 11.6 Å². The number of rotatable bonds is 5. The van der Waals surface area contributed by atoms with E-state index in [9.17, 15) is 0 Å². The van der Waals surface area contributed by atoms with Crippen LogP contribution in [0.25, 0.3) is 0 Å². The van der Waals surface area contributed by atoms with Gasteiger partial charge in [-0.1, -0.05) is 30.7 Å². The van der Waals surface area contributed by atoms with E-state index in [1.165, 1.54) is 24.0 Å². The maximum absolute atomic E-state index is 6.24. The van der Waals surface area contributed by atoms with Crippen LogP contribution in [0.5, 0.6) is 0 Å². The van der Waals surface area contributed by atoms with Crippen LogP contribution in [-0.2, 0) is 6.54 Å². The lowest BCUT2D eigenvalue weighted by Gasteiger charge is -2.07. The zero-order valence-corrected chi connectivity index (χ0v) is 9.98. The smallest absolute Gasteiger partial charge is 0.0453 e. The minimum absolute atomic E-state index is 0.792. The molecule has 0 aromatic heterocycles. The number of hydrogen-bond acceptors (Lipinski definition) is 1. The van der Waals surface area contributed by atoms with Crippen molar-refractivity contribution in [2.45, 2.75) is 38.6 Å². The van der Waals surface area contributed by atoms with Crippen LogP contribution in [0.2, 0.25) is 5.02 Å². The fourth-order valence-electron chi connectivity index (χ4n) is 1.78. The lowest BCUT2D eigenvalue weighted by Crippen LogP contribution is -2.14. The Hall–Kier alpha value is -0.530. The lowest BCUT2D eigenvalue weighted by molar-refractivity contribution is 0.675. The fourth-order valence-corrected chi connectivity index (χ4v) is 2.03. The van der Waals surface area contributed by atoms with Crippen LogP contribution < -0.4 is 5.32 Å². The van der Waals surface area contributed by atoms with E-state index in [1.807, 2.05) is 0 Å². The molecule has 1 N–H and O–H groups in total. The van der Waals surface area contributed by atoms with Crippen molar-refractivity contribution >= 4 is 11.6 Å². The number of benzene rings is 1. The normalized spacial score (nSPS) is 15.6. The standard InChI is InChI=1S/C13H18ClN/c1-2-7-15-9-12-6-5-11(8-13(12)14)10-3-4-10/h5-6,8,10,15H,2-4,7,9H2,1H3. The molecule has 0 saturated heterocycles. The Morgan fingerprint density at radius 3 is 2.80 bits per heavy atom. The Labute approximate surface area is 96.8 Å². The number of halogens is 1. The SMILES string of the molecule is CCCNCc1ccc(C2CC2)cc1Cl. The van der Waals surface area contributed by atoms with Crippen molar-refractivity contribution in [1.29, 1.82) is 0 Å². The molecule has 1 aliphatic carbocycles. The quantitative estimate of drug-likeness (QED) is 0.751. The minimum atomic E-state index is 0.792. The minimum Gasteiger partial charge on any atom is -0.313 e. The molecule has 0 spiro atoms. The third-order valence-corrected chi connectivity index (χ3v) is 3.22. The summed E-state index contributed by atoms with van der Waals surface area (Å²) >= 11 is 6.24. The molecule has 2 rings (SSSR count). The van der Waals surface area contributed by atoms with Gasteiger partial charge in [0.25, 0.3) is 0 Å². The molecule has 1 aromatic carbocycles. The second-order valence-corrected chi connectivity index (χ2v) is 4.71. The molecule has 1 aliphatic rings. The molecule has 2 heteroatoms. The summed E-state index contributed by atoms with van der Waals surface area (Å²) < 4.78 is 0. The van der Waals surface area contributed by atoms with Crippen molar-refractivity contribution in [1.82, 2.24) is 5.32 Å². The highest BCUT2D eigenvalue weighted by atomic mass is 35.5. The van der Waals surface area contributed by atoms with E-state index in [0.29, 0.717) is 0 Å². The largest absolute Gasteiger partial charge is 0.313 e. The molecule has 1 fully saturated rings. The summed E-state index contributed by atoms with van der Waals surface area (Å²) in [6.07, 6.45) is 3.84. The van der Waals surface area contributed by atoms with Crippen molar-refractivity contribution in [3.8, 4) is 0 Å². The second kappa shape index (κ2) is 5.00. The second-order valence-electron chi connectivity index (χ2n) is 4.30. The summed E-state index contributed by atoms with van der Waals surface area (Å²) in [4.78, 5) is 0. The van der Waals surface area contributed by atoms with Crippen LogP contribution in [0.3, 0.4) is 0 Å². The predicted octanol–water partition coefficient (Wildman–Crippen LogP) is 3.72. The molecule has 15 heavy (non-hydrogen) atoms. The van der Waals surface area contributed by atoms with Gasteiger partial charge in [0.1, 0.15) is 0 Å². The van der Waals surface area contributed by atoms with Crippen LogP contribution in [0.1, 0.15) is 43.2 Å². The van der Waals surface area contributed by atoms with Gasteiger partial charge in [-0.25, -0.2) is 0 Å². The highest BCUT2D eigenvalue weighted by Crippen LogP contribution is 2.41. The molecule has 0 bridgehead atoms. The molecular formula is C13H18ClN. The predicted molar refractivity (Wildman–Crippen MR) is 65.4 cm³/mol. The highest BCUT2D eigenvalue weighted by molar-refractivity contribution is 6.31. The van der Waals surface area contributed by atoms with E-state index in [0.717, 1.165) is 30.5 Å². The molecule has 0 radical (unpaired) electrons. The third kappa shape index (κ3) is 2.96. The van der Waals surface area contributed by atoms with Gasteiger partial charge in [0.15, 0.2) is 0 Å². The molecule has 0 unspecified atom stereocenters. The van der Waals surface area contributed by atoms with Crippen LogP contribution >= 0.6 is 11.6 Å². The maximum Gasteiger partial charge on any atom is 0.0453 e. The van der Waals surface area contributed by atoms with E-state index in [1.54, 1.807) is 0 Å². The van der Waals surface area contributed by atoms with Crippen molar-refractivity contribution in [3.63, 3.8) is 0 Å². The topological polar surface area (TPSA) is 12.0 Å². The van der Waals surface area contributed by atoms with Crippen molar-refractivity contribution in [2.24, 2.45) is 0 Å². The molecule has 0 heterocycles. The number of nitrogens with one attached hydrogen (secondary N) is 1. The van der Waals surface area contributed by atoms with Gasteiger partial charge in [0.05, 0.1) is 0 Å². The zero-order valence-electron chi connectivity index (χ0n) is 9.22. The van der Waals surface area contributed by atoms with Crippen molar-refractivity contribution < 1.29 is 0 Å². The molecule has 1 saturated carbocycles. The van der Waals surface area contributed by atoms with Gasteiger partial charge in [-0.15, -0.1) is 0 Å². The Bertz CT molecular complexity index is 331. The summed E-state index contributed by atoms with van der Waals surface area (Å²) in [6.45, 7) is 4.11. The fraction of sp³-hybridized carbons (Fsp3) is 0.538. The average molecular weight is 224 g/mol. The maximum atomic E-state index is 6.24. The lowest BCUT2D eigenvalue weighted by atomic mass is 10.1. The first-order valence-electron chi connectivity index (χ1n) is 5.80. The highest BCUT2D eigenvalue weighted by Gasteiger charge is 2.23. The zero-order chi connectivity index (χ0) is 10.7. The Morgan fingerprint density at radius 1 is 1.40 bits per heavy atom. The summed E-state index contributed by atoms with van der Waals surface area (Å²) in [5, 5.41) is 4.29. The first kappa shape index (κ1) is 11.0. The van der Waals surface area contributed by atoms with Gasteiger partial charge in [0.2, 0.25) is 0 Å². The Morgan fingerprint density at radius 2 is 2.20 bits per heavy atom. The summed E-state index contributed by atoms with van der Waals surface area (Å²) in [5.74, 6) is 0.792. The molecule has 0 amide bonds. The molecule has 1 nitrogen and oxygen atoms in total. The molecule has 82 valence electrons. The summed E-state index contributed by atoms with van der Waals surface area (Å²) in [6, 6.07) is 6.54. The van der Waals surface area contributed by atoms with Crippen LogP contribution in [-0.4, -0.2) is 6.54 Å². The van der Waals surface area contributed by atoms with E-state index in [2.05, 4.69) is 30.4 Å².